The number of rotatable bonds is 5. The van der Waals surface area contributed by atoms with Gasteiger partial charge in [-0.05, 0) is 12.0 Å². The van der Waals surface area contributed by atoms with Crippen LogP contribution in [0.4, 0.5) is 0 Å². The largest absolute Gasteiger partial charge is 0.475 e. The molecule has 0 aliphatic rings. The van der Waals surface area contributed by atoms with Crippen molar-refractivity contribution in [1.82, 2.24) is 5.16 Å². The summed E-state index contributed by atoms with van der Waals surface area (Å²) in [5.41, 5.74) is 2.03. The fourth-order valence-corrected chi connectivity index (χ4v) is 2.26. The maximum Gasteiger partial charge on any atom is 0.374 e. The Kier molecular flexibility index (Phi) is 3.89. The lowest BCUT2D eigenvalue weighted by atomic mass is 10.1. The number of aromatic nitrogens is 1. The van der Waals surface area contributed by atoms with Crippen LogP contribution >= 0.6 is 0 Å². The van der Waals surface area contributed by atoms with Crippen molar-refractivity contribution in [2.75, 3.05) is 12.0 Å². The van der Waals surface area contributed by atoms with E-state index in [0.29, 0.717) is 17.7 Å². The van der Waals surface area contributed by atoms with Crippen molar-refractivity contribution in [3.05, 3.63) is 41.7 Å². The van der Waals surface area contributed by atoms with Gasteiger partial charge in [0.15, 0.2) is 0 Å². The normalized spacial score (nSPS) is 11.4. The predicted octanol–water partition coefficient (Wildman–Crippen LogP) is 1.63. The third-order valence-corrected chi connectivity index (χ3v) is 3.68. The van der Waals surface area contributed by atoms with Crippen LogP contribution in [0.2, 0.25) is 0 Å². The van der Waals surface area contributed by atoms with Gasteiger partial charge in [-0.3, -0.25) is 0 Å². The first-order chi connectivity index (χ1) is 9.35. The van der Waals surface area contributed by atoms with Gasteiger partial charge in [0.05, 0.1) is 5.75 Å². The fourth-order valence-electron chi connectivity index (χ4n) is 1.66. The molecule has 0 aliphatic carbocycles. The van der Waals surface area contributed by atoms with E-state index in [1.807, 2.05) is 0 Å². The van der Waals surface area contributed by atoms with Crippen molar-refractivity contribution in [3.8, 4) is 11.3 Å². The van der Waals surface area contributed by atoms with Crippen LogP contribution in [-0.2, 0) is 16.3 Å². The van der Waals surface area contributed by atoms with E-state index in [9.17, 15) is 13.2 Å². The van der Waals surface area contributed by atoms with Crippen LogP contribution in [0.15, 0.2) is 34.9 Å². The summed E-state index contributed by atoms with van der Waals surface area (Å²) < 4.78 is 26.8. The summed E-state index contributed by atoms with van der Waals surface area (Å²) in [5, 5.41) is 12.4. The van der Waals surface area contributed by atoms with Gasteiger partial charge >= 0.3 is 5.97 Å². The molecule has 6 nitrogen and oxygen atoms in total. The van der Waals surface area contributed by atoms with E-state index in [-0.39, 0.29) is 11.5 Å². The number of aromatic carboxylic acids is 1. The molecule has 1 aromatic carbocycles. The van der Waals surface area contributed by atoms with Crippen molar-refractivity contribution in [3.63, 3.8) is 0 Å². The van der Waals surface area contributed by atoms with E-state index in [1.54, 1.807) is 24.3 Å². The van der Waals surface area contributed by atoms with Crippen LogP contribution in [-0.4, -0.2) is 36.7 Å². The van der Waals surface area contributed by atoms with Crippen molar-refractivity contribution < 1.29 is 22.8 Å². The molecule has 1 heterocycles. The van der Waals surface area contributed by atoms with Crippen LogP contribution in [0.5, 0.6) is 0 Å². The number of hydrogen-bond donors (Lipinski definition) is 1. The molecule has 0 spiro atoms. The van der Waals surface area contributed by atoms with Crippen LogP contribution in [0, 0.1) is 0 Å². The molecule has 0 amide bonds. The zero-order chi connectivity index (χ0) is 14.8. The van der Waals surface area contributed by atoms with Gasteiger partial charge in [0.2, 0.25) is 5.76 Å². The molecule has 1 aromatic heterocycles. The first-order valence-corrected chi connectivity index (χ1v) is 7.88. The maximum atomic E-state index is 11.1. The number of nitrogens with zero attached hydrogens (tertiary/aromatic N) is 1. The number of carbonyl (C=O) groups is 1. The minimum atomic E-state index is -2.98. The van der Waals surface area contributed by atoms with Gasteiger partial charge in [0.1, 0.15) is 15.5 Å². The molecule has 0 unspecified atom stereocenters. The van der Waals surface area contributed by atoms with E-state index < -0.39 is 15.8 Å². The van der Waals surface area contributed by atoms with Crippen molar-refractivity contribution in [1.29, 1.82) is 0 Å². The van der Waals surface area contributed by atoms with Gasteiger partial charge in [-0.2, -0.15) is 0 Å². The lowest BCUT2D eigenvalue weighted by molar-refractivity contribution is 0.0652. The summed E-state index contributed by atoms with van der Waals surface area (Å²) in [6, 6.07) is 8.42. The summed E-state index contributed by atoms with van der Waals surface area (Å²) in [5.74, 6) is -1.30. The topological polar surface area (TPSA) is 97.5 Å². The number of benzene rings is 1. The van der Waals surface area contributed by atoms with Gasteiger partial charge in [-0.25, -0.2) is 13.2 Å². The molecule has 0 saturated carbocycles. The molecule has 0 radical (unpaired) electrons. The molecule has 0 saturated heterocycles. The van der Waals surface area contributed by atoms with Crippen LogP contribution in [0.1, 0.15) is 16.1 Å². The van der Waals surface area contributed by atoms with Crippen molar-refractivity contribution >= 4 is 15.8 Å². The number of carboxylic acid groups (broad SMARTS) is 1. The zero-order valence-corrected chi connectivity index (χ0v) is 11.6. The van der Waals surface area contributed by atoms with Crippen LogP contribution in [0.25, 0.3) is 11.3 Å². The number of sulfone groups is 1. The Balaban J connectivity index is 2.13. The Hall–Kier alpha value is -2.15. The Morgan fingerprint density at radius 1 is 1.30 bits per heavy atom. The fraction of sp³-hybridized carbons (Fsp3) is 0.231. The van der Waals surface area contributed by atoms with E-state index in [0.717, 1.165) is 5.56 Å². The minimum absolute atomic E-state index is 0.0967. The third kappa shape index (κ3) is 3.67. The lowest BCUT2D eigenvalue weighted by Gasteiger charge is -2.01. The molecule has 0 aliphatic heterocycles. The van der Waals surface area contributed by atoms with E-state index >= 15 is 0 Å². The first kappa shape index (κ1) is 14.3. The highest BCUT2D eigenvalue weighted by Crippen LogP contribution is 2.20. The van der Waals surface area contributed by atoms with Gasteiger partial charge in [0, 0.05) is 17.9 Å². The average Bonchev–Trinajstić information content (AvgIpc) is 2.86. The van der Waals surface area contributed by atoms with Gasteiger partial charge in [-0.15, -0.1) is 0 Å². The Labute approximate surface area is 115 Å². The summed E-state index contributed by atoms with van der Waals surface area (Å²) in [7, 11) is -2.98. The summed E-state index contributed by atoms with van der Waals surface area (Å²) in [6.07, 6.45) is 1.64. The molecule has 7 heteroatoms. The van der Waals surface area contributed by atoms with Crippen LogP contribution in [0.3, 0.4) is 0 Å². The molecule has 0 bridgehead atoms. The third-order valence-electron chi connectivity index (χ3n) is 2.73. The summed E-state index contributed by atoms with van der Waals surface area (Å²) >= 11 is 0. The molecule has 0 fully saturated rings. The number of aryl methyl sites for hydroxylation is 1. The van der Waals surface area contributed by atoms with Gasteiger partial charge in [0.25, 0.3) is 0 Å². The second kappa shape index (κ2) is 5.46. The van der Waals surface area contributed by atoms with E-state index in [4.69, 9.17) is 5.11 Å². The zero-order valence-electron chi connectivity index (χ0n) is 10.7. The molecule has 106 valence electrons. The Bertz CT molecular complexity index is 715. The second-order valence-electron chi connectivity index (χ2n) is 4.46. The predicted molar refractivity (Wildman–Crippen MR) is 72.3 cm³/mol. The molecule has 20 heavy (non-hydrogen) atoms. The first-order valence-electron chi connectivity index (χ1n) is 5.82. The van der Waals surface area contributed by atoms with Gasteiger partial charge < -0.3 is 9.63 Å². The molecular formula is C13H13NO5S. The molecule has 1 N–H and O–H groups in total. The van der Waals surface area contributed by atoms with E-state index in [2.05, 4.69) is 9.68 Å². The monoisotopic (exact) mass is 295 g/mol. The molecule has 2 rings (SSSR count). The summed E-state index contributed by atoms with van der Waals surface area (Å²) in [4.78, 5) is 10.7. The Morgan fingerprint density at radius 3 is 2.45 bits per heavy atom. The smallest absolute Gasteiger partial charge is 0.374 e. The van der Waals surface area contributed by atoms with Gasteiger partial charge in [-0.1, -0.05) is 29.4 Å². The van der Waals surface area contributed by atoms with Crippen molar-refractivity contribution in [2.45, 2.75) is 6.42 Å². The molecule has 2 aromatic rings. The SMILES string of the molecule is CS(=O)(=O)CCc1ccc(-c2cc(C(=O)O)on2)cc1. The molecular weight excluding hydrogens is 282 g/mol. The highest BCUT2D eigenvalue weighted by molar-refractivity contribution is 7.90. The van der Waals surface area contributed by atoms with Crippen LogP contribution < -0.4 is 0 Å². The number of carboxylic acids is 1. The Morgan fingerprint density at radius 2 is 1.95 bits per heavy atom. The molecule has 0 atom stereocenters. The second-order valence-corrected chi connectivity index (χ2v) is 6.72. The van der Waals surface area contributed by atoms with Crippen molar-refractivity contribution in [2.24, 2.45) is 0 Å². The number of hydrogen-bond acceptors (Lipinski definition) is 5. The minimum Gasteiger partial charge on any atom is -0.475 e. The average molecular weight is 295 g/mol. The summed E-state index contributed by atoms with van der Waals surface area (Å²) in [6.45, 7) is 0. The lowest BCUT2D eigenvalue weighted by Crippen LogP contribution is -2.05. The highest BCUT2D eigenvalue weighted by atomic mass is 32.2. The quantitative estimate of drug-likeness (QED) is 0.900. The standard InChI is InChI=1S/C13H13NO5S/c1-20(17,18)7-6-9-2-4-10(5-3-9)11-8-12(13(15)16)19-14-11/h2-5,8H,6-7H2,1H3,(H,15,16). The maximum absolute atomic E-state index is 11.1. The highest BCUT2D eigenvalue weighted by Gasteiger charge is 2.12. The van der Waals surface area contributed by atoms with E-state index in [1.165, 1.54) is 12.3 Å².